The minimum absolute atomic E-state index is 0.761. The van der Waals surface area contributed by atoms with E-state index in [0.29, 0.717) is 0 Å². The van der Waals surface area contributed by atoms with Gasteiger partial charge in [-0.25, -0.2) is 0 Å². The Morgan fingerprint density at radius 2 is 1.89 bits per heavy atom. The first-order valence-electron chi connectivity index (χ1n) is 9.51. The topological polar surface area (TPSA) is 47.3 Å². The first-order chi connectivity index (χ1) is 13.7. The van der Waals surface area contributed by atoms with Crippen molar-refractivity contribution in [1.29, 1.82) is 0 Å². The summed E-state index contributed by atoms with van der Waals surface area (Å²) in [6, 6.07) is 20.6. The van der Waals surface area contributed by atoms with Crippen molar-refractivity contribution < 1.29 is 9.15 Å². The Morgan fingerprint density at radius 3 is 2.64 bits per heavy atom. The molecule has 2 aromatic carbocycles. The van der Waals surface area contributed by atoms with Crippen LogP contribution in [0.5, 0.6) is 5.75 Å². The van der Waals surface area contributed by atoms with Gasteiger partial charge in [-0.15, -0.1) is 0 Å². The van der Waals surface area contributed by atoms with Crippen LogP contribution in [0.25, 0.3) is 22.3 Å². The van der Waals surface area contributed by atoms with E-state index in [2.05, 4.69) is 59.7 Å². The Morgan fingerprint density at radius 1 is 1.04 bits per heavy atom. The largest absolute Gasteiger partial charge is 0.493 e. The first kappa shape index (κ1) is 18.3. The van der Waals surface area contributed by atoms with Crippen molar-refractivity contribution in [2.75, 3.05) is 13.7 Å². The van der Waals surface area contributed by atoms with E-state index < -0.39 is 0 Å². The number of furan rings is 1. The van der Waals surface area contributed by atoms with Gasteiger partial charge in [-0.3, -0.25) is 4.98 Å². The zero-order chi connectivity index (χ0) is 19.3. The molecule has 0 saturated heterocycles. The van der Waals surface area contributed by atoms with Crippen molar-refractivity contribution >= 4 is 11.0 Å². The highest BCUT2D eigenvalue weighted by Crippen LogP contribution is 2.34. The number of ether oxygens (including phenoxy) is 1. The molecule has 0 saturated carbocycles. The molecule has 0 spiro atoms. The molecule has 4 rings (SSSR count). The maximum absolute atomic E-state index is 6.10. The van der Waals surface area contributed by atoms with E-state index in [1.807, 2.05) is 24.4 Å². The molecule has 2 aromatic heterocycles. The lowest BCUT2D eigenvalue weighted by Crippen LogP contribution is -2.17. The number of benzene rings is 2. The molecule has 0 radical (unpaired) electrons. The standard InChI is InChI=1S/C24H24N2O2/c1-17-6-8-19(9-7-17)22-15-20-13-18(14-23(27-2)24(20)28-22)16-25-12-10-21-5-3-4-11-26-21/h3-9,11,13-15,25H,10,12,16H2,1-2H3. The molecule has 142 valence electrons. The molecule has 0 unspecified atom stereocenters. The van der Waals surface area contributed by atoms with Crippen LogP contribution in [0.4, 0.5) is 0 Å². The van der Waals surface area contributed by atoms with Crippen LogP contribution < -0.4 is 10.1 Å². The highest BCUT2D eigenvalue weighted by atomic mass is 16.5. The number of rotatable bonds is 7. The van der Waals surface area contributed by atoms with Crippen LogP contribution in [-0.4, -0.2) is 18.6 Å². The molecular weight excluding hydrogens is 348 g/mol. The van der Waals surface area contributed by atoms with Crippen LogP contribution in [0.1, 0.15) is 16.8 Å². The SMILES string of the molecule is COc1cc(CNCCc2ccccn2)cc2cc(-c3ccc(C)cc3)oc12. The van der Waals surface area contributed by atoms with Crippen LogP contribution in [-0.2, 0) is 13.0 Å². The fraction of sp³-hybridized carbons (Fsp3) is 0.208. The normalized spacial score (nSPS) is 11.1. The summed E-state index contributed by atoms with van der Waals surface area (Å²) >= 11 is 0. The van der Waals surface area contributed by atoms with Crippen LogP contribution >= 0.6 is 0 Å². The summed E-state index contributed by atoms with van der Waals surface area (Å²) in [5.74, 6) is 1.62. The van der Waals surface area contributed by atoms with Gasteiger partial charge < -0.3 is 14.5 Å². The van der Waals surface area contributed by atoms with E-state index in [9.17, 15) is 0 Å². The van der Waals surface area contributed by atoms with Crippen LogP contribution in [0.15, 0.2) is 71.3 Å². The molecule has 0 aliphatic heterocycles. The minimum Gasteiger partial charge on any atom is -0.493 e. The molecule has 4 heteroatoms. The maximum Gasteiger partial charge on any atom is 0.176 e. The molecule has 2 heterocycles. The fourth-order valence-electron chi connectivity index (χ4n) is 3.29. The lowest BCUT2D eigenvalue weighted by molar-refractivity contribution is 0.410. The fourth-order valence-corrected chi connectivity index (χ4v) is 3.29. The van der Waals surface area contributed by atoms with Gasteiger partial charge in [0.15, 0.2) is 11.3 Å². The average Bonchev–Trinajstić information content (AvgIpc) is 3.16. The van der Waals surface area contributed by atoms with Gasteiger partial charge >= 0.3 is 0 Å². The third-order valence-corrected chi connectivity index (χ3v) is 4.81. The van der Waals surface area contributed by atoms with Crippen LogP contribution in [0.3, 0.4) is 0 Å². The Balaban J connectivity index is 1.50. The number of hydrogen-bond acceptors (Lipinski definition) is 4. The Hall–Kier alpha value is -3.11. The quantitative estimate of drug-likeness (QED) is 0.456. The first-order valence-corrected chi connectivity index (χ1v) is 9.51. The number of aromatic nitrogens is 1. The van der Waals surface area contributed by atoms with Gasteiger partial charge in [0.1, 0.15) is 5.76 Å². The monoisotopic (exact) mass is 372 g/mol. The average molecular weight is 372 g/mol. The highest BCUT2D eigenvalue weighted by Gasteiger charge is 2.12. The van der Waals surface area contributed by atoms with Crippen molar-refractivity contribution in [2.24, 2.45) is 0 Å². The van der Waals surface area contributed by atoms with Gasteiger partial charge in [0.05, 0.1) is 7.11 Å². The number of pyridine rings is 1. The molecule has 0 atom stereocenters. The summed E-state index contributed by atoms with van der Waals surface area (Å²) in [6.45, 7) is 3.72. The third kappa shape index (κ3) is 4.07. The maximum atomic E-state index is 6.10. The van der Waals surface area contributed by atoms with Gasteiger partial charge in [-0.1, -0.05) is 35.9 Å². The van der Waals surface area contributed by atoms with Crippen LogP contribution in [0.2, 0.25) is 0 Å². The second-order valence-electron chi connectivity index (χ2n) is 6.94. The third-order valence-electron chi connectivity index (χ3n) is 4.81. The summed E-state index contributed by atoms with van der Waals surface area (Å²) in [5.41, 5.74) is 5.35. The van der Waals surface area contributed by atoms with E-state index in [1.165, 1.54) is 11.1 Å². The summed E-state index contributed by atoms with van der Waals surface area (Å²) in [4.78, 5) is 4.36. The second kappa shape index (κ2) is 8.28. The van der Waals surface area contributed by atoms with Gasteiger partial charge in [-0.05, 0) is 42.8 Å². The number of nitrogens with one attached hydrogen (secondary N) is 1. The summed E-state index contributed by atoms with van der Waals surface area (Å²) in [5, 5.41) is 4.54. The smallest absolute Gasteiger partial charge is 0.176 e. The van der Waals surface area contributed by atoms with E-state index in [1.54, 1.807) is 7.11 Å². The Labute approximate surface area is 165 Å². The van der Waals surface area contributed by atoms with Crippen molar-refractivity contribution in [2.45, 2.75) is 19.9 Å². The molecule has 0 amide bonds. The van der Waals surface area contributed by atoms with Crippen LogP contribution in [0, 0.1) is 6.92 Å². The van der Waals surface area contributed by atoms with Gasteiger partial charge in [-0.2, -0.15) is 0 Å². The number of methoxy groups -OCH3 is 1. The van der Waals surface area contributed by atoms with E-state index in [4.69, 9.17) is 9.15 Å². The number of hydrogen-bond donors (Lipinski definition) is 1. The predicted octanol–water partition coefficient (Wildman–Crippen LogP) is 5.14. The van der Waals surface area contributed by atoms with Gasteiger partial charge in [0.2, 0.25) is 0 Å². The molecular formula is C24H24N2O2. The van der Waals surface area contributed by atoms with Crippen molar-refractivity contribution in [3.05, 3.63) is 83.7 Å². The Kier molecular flexibility index (Phi) is 5.40. The molecule has 0 fully saturated rings. The highest BCUT2D eigenvalue weighted by molar-refractivity contribution is 5.88. The zero-order valence-corrected chi connectivity index (χ0v) is 16.2. The molecule has 4 aromatic rings. The molecule has 1 N–H and O–H groups in total. The molecule has 0 bridgehead atoms. The molecule has 0 aliphatic carbocycles. The zero-order valence-electron chi connectivity index (χ0n) is 16.2. The molecule has 4 nitrogen and oxygen atoms in total. The van der Waals surface area contributed by atoms with E-state index in [0.717, 1.165) is 53.2 Å². The summed E-state index contributed by atoms with van der Waals surface area (Å²) in [7, 11) is 1.68. The summed E-state index contributed by atoms with van der Waals surface area (Å²) < 4.78 is 11.7. The Bertz CT molecular complexity index is 1050. The lowest BCUT2D eigenvalue weighted by Gasteiger charge is -2.07. The number of aryl methyl sites for hydroxylation is 1. The van der Waals surface area contributed by atoms with Crippen molar-refractivity contribution in [1.82, 2.24) is 10.3 Å². The van der Waals surface area contributed by atoms with E-state index >= 15 is 0 Å². The molecule has 0 aliphatic rings. The predicted molar refractivity (Wildman–Crippen MR) is 113 cm³/mol. The lowest BCUT2D eigenvalue weighted by atomic mass is 10.1. The number of fused-ring (bicyclic) bond motifs is 1. The number of nitrogens with zero attached hydrogens (tertiary/aromatic N) is 1. The minimum atomic E-state index is 0.761. The van der Waals surface area contributed by atoms with Gasteiger partial charge in [0, 0.05) is 42.4 Å². The van der Waals surface area contributed by atoms with E-state index in [-0.39, 0.29) is 0 Å². The molecule has 28 heavy (non-hydrogen) atoms. The van der Waals surface area contributed by atoms with Gasteiger partial charge in [0.25, 0.3) is 0 Å². The summed E-state index contributed by atoms with van der Waals surface area (Å²) in [6.07, 6.45) is 2.74. The van der Waals surface area contributed by atoms with Crippen molar-refractivity contribution in [3.63, 3.8) is 0 Å². The van der Waals surface area contributed by atoms with Crippen molar-refractivity contribution in [3.8, 4) is 17.1 Å². The second-order valence-corrected chi connectivity index (χ2v) is 6.94.